The van der Waals surface area contributed by atoms with Crippen LogP contribution in [0.25, 0.3) is 10.9 Å². The lowest BCUT2D eigenvalue weighted by molar-refractivity contribution is 0.0598. The van der Waals surface area contributed by atoms with E-state index < -0.39 is 5.97 Å². The molecule has 0 aliphatic heterocycles. The van der Waals surface area contributed by atoms with E-state index in [9.17, 15) is 9.59 Å². The Kier molecular flexibility index (Phi) is 4.14. The third kappa shape index (κ3) is 2.70. The summed E-state index contributed by atoms with van der Waals surface area (Å²) in [6.45, 7) is 4.53. The van der Waals surface area contributed by atoms with E-state index in [2.05, 4.69) is 4.74 Å². The fourth-order valence-electron chi connectivity index (χ4n) is 2.15. The van der Waals surface area contributed by atoms with E-state index >= 15 is 0 Å². The van der Waals surface area contributed by atoms with Gasteiger partial charge >= 0.3 is 5.97 Å². The molecule has 1 heterocycles. The number of ether oxygens (including phenoxy) is 1. The van der Waals surface area contributed by atoms with Gasteiger partial charge in [-0.15, -0.1) is 0 Å². The van der Waals surface area contributed by atoms with Crippen LogP contribution in [0.2, 0.25) is 5.02 Å². The zero-order valence-corrected chi connectivity index (χ0v) is 12.4. The number of methoxy groups -OCH3 is 1. The number of esters is 1. The Bertz CT molecular complexity index is 719. The van der Waals surface area contributed by atoms with Crippen LogP contribution in [0, 0.1) is 5.92 Å². The molecule has 4 nitrogen and oxygen atoms in total. The minimum Gasteiger partial charge on any atom is -0.465 e. The summed E-state index contributed by atoms with van der Waals surface area (Å²) in [6, 6.07) is 6.81. The second-order valence-electron chi connectivity index (χ2n) is 5.06. The van der Waals surface area contributed by atoms with E-state index in [1.807, 2.05) is 13.8 Å². The Labute approximate surface area is 121 Å². The van der Waals surface area contributed by atoms with E-state index in [0.29, 0.717) is 11.6 Å². The van der Waals surface area contributed by atoms with Crippen molar-refractivity contribution in [3.8, 4) is 0 Å². The van der Waals surface area contributed by atoms with Gasteiger partial charge in [-0.05, 0) is 29.5 Å². The Morgan fingerprint density at radius 1 is 1.35 bits per heavy atom. The molecule has 1 aromatic carbocycles. The van der Waals surface area contributed by atoms with Gasteiger partial charge in [0.1, 0.15) is 5.56 Å². The highest BCUT2D eigenvalue weighted by Crippen LogP contribution is 2.20. The monoisotopic (exact) mass is 293 g/mol. The fraction of sp³-hybridized carbons (Fsp3) is 0.333. The molecule has 0 saturated heterocycles. The van der Waals surface area contributed by atoms with Gasteiger partial charge in [0.05, 0.1) is 12.6 Å². The Hall–Kier alpha value is -1.81. The van der Waals surface area contributed by atoms with Crippen LogP contribution in [0.3, 0.4) is 0 Å². The van der Waals surface area contributed by atoms with Gasteiger partial charge in [0.15, 0.2) is 0 Å². The lowest BCUT2D eigenvalue weighted by Gasteiger charge is -2.14. The van der Waals surface area contributed by atoms with Gasteiger partial charge in [0, 0.05) is 11.6 Å². The van der Waals surface area contributed by atoms with Crippen molar-refractivity contribution < 1.29 is 9.53 Å². The maximum Gasteiger partial charge on any atom is 0.343 e. The number of hydrogen-bond donors (Lipinski definition) is 0. The van der Waals surface area contributed by atoms with Crippen LogP contribution >= 0.6 is 11.6 Å². The molecule has 2 aromatic rings. The number of hydrogen-bond acceptors (Lipinski definition) is 3. The molecule has 0 N–H and O–H groups in total. The van der Waals surface area contributed by atoms with Crippen LogP contribution in [0.4, 0.5) is 0 Å². The Morgan fingerprint density at radius 3 is 2.65 bits per heavy atom. The van der Waals surface area contributed by atoms with Crippen LogP contribution in [0.1, 0.15) is 24.2 Å². The normalized spacial score (nSPS) is 11.1. The molecular formula is C15H16ClNO3. The Balaban J connectivity index is 2.81. The van der Waals surface area contributed by atoms with Gasteiger partial charge in [-0.3, -0.25) is 4.79 Å². The molecule has 0 radical (unpaired) electrons. The second-order valence-corrected chi connectivity index (χ2v) is 5.50. The molecule has 5 heteroatoms. The third-order valence-electron chi connectivity index (χ3n) is 3.01. The molecule has 0 saturated carbocycles. The first-order valence-electron chi connectivity index (χ1n) is 6.35. The number of carbonyl (C=O) groups excluding carboxylic acids is 1. The molecule has 0 fully saturated rings. The number of fused-ring (bicyclic) bond motifs is 1. The first-order chi connectivity index (χ1) is 9.43. The van der Waals surface area contributed by atoms with Gasteiger partial charge in [-0.25, -0.2) is 4.79 Å². The van der Waals surface area contributed by atoms with Crippen molar-refractivity contribution in [2.45, 2.75) is 20.4 Å². The van der Waals surface area contributed by atoms with E-state index in [4.69, 9.17) is 11.6 Å². The average Bonchev–Trinajstić information content (AvgIpc) is 2.41. The highest BCUT2D eigenvalue weighted by molar-refractivity contribution is 6.31. The van der Waals surface area contributed by atoms with Gasteiger partial charge in [-0.2, -0.15) is 0 Å². The molecular weight excluding hydrogens is 278 g/mol. The summed E-state index contributed by atoms with van der Waals surface area (Å²) in [5.74, 6) is -0.355. The van der Waals surface area contributed by atoms with E-state index in [1.165, 1.54) is 7.11 Å². The van der Waals surface area contributed by atoms with Gasteiger partial charge in [0.2, 0.25) is 0 Å². The number of pyridine rings is 1. The SMILES string of the molecule is COC(=O)c1cc2ccc(Cl)cc2n(CC(C)C)c1=O. The van der Waals surface area contributed by atoms with Crippen molar-refractivity contribution in [2.75, 3.05) is 7.11 Å². The van der Waals surface area contributed by atoms with Crippen LogP contribution in [-0.4, -0.2) is 17.6 Å². The van der Waals surface area contributed by atoms with Crippen molar-refractivity contribution in [3.63, 3.8) is 0 Å². The van der Waals surface area contributed by atoms with Crippen molar-refractivity contribution in [1.29, 1.82) is 0 Å². The summed E-state index contributed by atoms with van der Waals surface area (Å²) in [4.78, 5) is 24.2. The van der Waals surface area contributed by atoms with Gasteiger partial charge in [0.25, 0.3) is 5.56 Å². The minimum atomic E-state index is -0.621. The number of aromatic nitrogens is 1. The minimum absolute atomic E-state index is 0.0444. The molecule has 1 aromatic heterocycles. The molecule has 20 heavy (non-hydrogen) atoms. The number of benzene rings is 1. The molecule has 0 bridgehead atoms. The smallest absolute Gasteiger partial charge is 0.343 e. The lowest BCUT2D eigenvalue weighted by Crippen LogP contribution is -2.28. The quantitative estimate of drug-likeness (QED) is 0.817. The zero-order valence-electron chi connectivity index (χ0n) is 11.6. The van der Waals surface area contributed by atoms with Crippen molar-refractivity contribution in [1.82, 2.24) is 4.57 Å². The summed E-state index contributed by atoms with van der Waals surface area (Å²) in [6.07, 6.45) is 0. The molecule has 0 aliphatic rings. The molecule has 2 rings (SSSR count). The number of halogens is 1. The predicted molar refractivity (Wildman–Crippen MR) is 79.4 cm³/mol. The highest BCUT2D eigenvalue weighted by atomic mass is 35.5. The maximum absolute atomic E-state index is 12.4. The number of carbonyl (C=O) groups is 1. The molecule has 0 aliphatic carbocycles. The van der Waals surface area contributed by atoms with Gasteiger partial charge in [-0.1, -0.05) is 31.5 Å². The van der Waals surface area contributed by atoms with Crippen LogP contribution < -0.4 is 5.56 Å². The molecule has 0 atom stereocenters. The van der Waals surface area contributed by atoms with E-state index in [1.54, 1.807) is 28.8 Å². The molecule has 0 amide bonds. The third-order valence-corrected chi connectivity index (χ3v) is 3.25. The topological polar surface area (TPSA) is 48.3 Å². The van der Waals surface area contributed by atoms with E-state index in [-0.39, 0.29) is 17.0 Å². The average molecular weight is 294 g/mol. The van der Waals surface area contributed by atoms with Crippen LogP contribution in [0.15, 0.2) is 29.1 Å². The van der Waals surface area contributed by atoms with Crippen LogP contribution in [0.5, 0.6) is 0 Å². The maximum atomic E-state index is 12.4. The zero-order chi connectivity index (χ0) is 14.9. The summed E-state index contributed by atoms with van der Waals surface area (Å²) < 4.78 is 6.25. The summed E-state index contributed by atoms with van der Waals surface area (Å²) in [5.41, 5.74) is 0.423. The summed E-state index contributed by atoms with van der Waals surface area (Å²) in [5, 5.41) is 1.34. The van der Waals surface area contributed by atoms with E-state index in [0.717, 1.165) is 10.9 Å². The first-order valence-corrected chi connectivity index (χ1v) is 6.73. The second kappa shape index (κ2) is 5.67. The fourth-order valence-corrected chi connectivity index (χ4v) is 2.31. The molecule has 0 spiro atoms. The highest BCUT2D eigenvalue weighted by Gasteiger charge is 2.16. The summed E-state index contributed by atoms with van der Waals surface area (Å²) in [7, 11) is 1.26. The van der Waals surface area contributed by atoms with Crippen molar-refractivity contribution >= 4 is 28.5 Å². The lowest BCUT2D eigenvalue weighted by atomic mass is 10.1. The van der Waals surface area contributed by atoms with Gasteiger partial charge < -0.3 is 9.30 Å². The van der Waals surface area contributed by atoms with Crippen LogP contribution in [-0.2, 0) is 11.3 Å². The molecule has 106 valence electrons. The summed E-state index contributed by atoms with van der Waals surface area (Å²) >= 11 is 6.00. The first kappa shape index (κ1) is 14.6. The van der Waals surface area contributed by atoms with Crippen molar-refractivity contribution in [2.24, 2.45) is 5.92 Å². The van der Waals surface area contributed by atoms with Crippen molar-refractivity contribution in [3.05, 3.63) is 45.2 Å². The number of nitrogens with zero attached hydrogens (tertiary/aromatic N) is 1. The largest absolute Gasteiger partial charge is 0.465 e. The number of rotatable bonds is 3. The standard InChI is InChI=1S/C15H16ClNO3/c1-9(2)8-17-13-7-11(16)5-4-10(13)6-12(14(17)18)15(19)20-3/h4-7,9H,8H2,1-3H3. The predicted octanol–water partition coefficient (Wildman–Crippen LogP) is 3.10. The molecule has 0 unspecified atom stereocenters. The Morgan fingerprint density at radius 2 is 2.05 bits per heavy atom.